The first-order valence-corrected chi connectivity index (χ1v) is 10.2. The monoisotopic (exact) mass is 412 g/mol. The summed E-state index contributed by atoms with van der Waals surface area (Å²) in [7, 11) is 7.41. The van der Waals surface area contributed by atoms with Crippen molar-refractivity contribution in [1.29, 1.82) is 0 Å². The molecule has 0 spiro atoms. The zero-order valence-electron chi connectivity index (χ0n) is 17.4. The van der Waals surface area contributed by atoms with Crippen LogP contribution in [-0.2, 0) is 9.59 Å². The first-order valence-electron chi connectivity index (χ1n) is 9.41. The minimum Gasteiger partial charge on any atom is -0.302 e. The summed E-state index contributed by atoms with van der Waals surface area (Å²) in [6.45, 7) is 4.64. The Hall–Kier alpha value is -0.960. The van der Waals surface area contributed by atoms with E-state index in [1.165, 1.54) is 0 Å². The van der Waals surface area contributed by atoms with Gasteiger partial charge in [-0.2, -0.15) is 0 Å². The van der Waals surface area contributed by atoms with Gasteiger partial charge in [0, 0.05) is 39.0 Å². The van der Waals surface area contributed by atoms with E-state index in [4.69, 9.17) is 24.4 Å². The van der Waals surface area contributed by atoms with E-state index in [0.29, 0.717) is 0 Å². The second kappa shape index (κ2) is 8.19. The first kappa shape index (κ1) is 22.3. The Morgan fingerprint density at radius 1 is 0.741 bits per heavy atom. The van der Waals surface area contributed by atoms with Crippen molar-refractivity contribution < 1.29 is 9.59 Å². The second-order valence-electron chi connectivity index (χ2n) is 8.66. The van der Waals surface area contributed by atoms with E-state index in [9.17, 15) is 9.59 Å². The van der Waals surface area contributed by atoms with E-state index >= 15 is 0 Å². The Labute approximate surface area is 173 Å². The van der Waals surface area contributed by atoms with E-state index in [2.05, 4.69) is 13.8 Å². The standard InChI is InChI=1S/C19H32N4O2S2/c1-18(7-8-18)16(26)22(5)20(3)12-14(24)11-15(25)13-21(4)23(6)17(27)19(2)9-10-19/h7-13H2,1-6H3. The van der Waals surface area contributed by atoms with Gasteiger partial charge in [-0.25, -0.2) is 10.0 Å². The van der Waals surface area contributed by atoms with Crippen LogP contribution in [0.3, 0.4) is 0 Å². The number of nitrogens with zero attached hydrogens (tertiary/aromatic N) is 4. The number of Topliss-reactive ketones (excluding diaryl/α,β-unsaturated/α-hetero) is 2. The Balaban J connectivity index is 1.76. The lowest BCUT2D eigenvalue weighted by atomic mass is 10.1. The fourth-order valence-corrected chi connectivity index (χ4v) is 3.64. The molecule has 2 saturated carbocycles. The highest BCUT2D eigenvalue weighted by molar-refractivity contribution is 7.80. The highest BCUT2D eigenvalue weighted by atomic mass is 32.1. The van der Waals surface area contributed by atoms with Crippen molar-refractivity contribution in [1.82, 2.24) is 20.0 Å². The number of thiocarbonyl (C=S) groups is 2. The molecular weight excluding hydrogens is 380 g/mol. The summed E-state index contributed by atoms with van der Waals surface area (Å²) in [6.07, 6.45) is 4.30. The summed E-state index contributed by atoms with van der Waals surface area (Å²) < 4.78 is 0. The smallest absolute Gasteiger partial charge is 0.156 e. The third-order valence-electron chi connectivity index (χ3n) is 5.85. The van der Waals surface area contributed by atoms with Crippen molar-refractivity contribution in [3.05, 3.63) is 0 Å². The van der Waals surface area contributed by atoms with Crippen LogP contribution in [-0.4, -0.2) is 82.9 Å². The lowest BCUT2D eigenvalue weighted by Gasteiger charge is -2.33. The fraction of sp³-hybridized carbons (Fsp3) is 0.789. The third-order valence-corrected chi connectivity index (χ3v) is 7.36. The molecule has 0 aromatic carbocycles. The number of hydrogen-bond acceptors (Lipinski definition) is 6. The van der Waals surface area contributed by atoms with Gasteiger partial charge >= 0.3 is 0 Å². The molecule has 2 aliphatic rings. The van der Waals surface area contributed by atoms with Gasteiger partial charge in [0.2, 0.25) is 0 Å². The number of hydrogen-bond donors (Lipinski definition) is 0. The zero-order valence-corrected chi connectivity index (χ0v) is 19.0. The summed E-state index contributed by atoms with van der Waals surface area (Å²) in [4.78, 5) is 26.3. The third kappa shape index (κ3) is 5.53. The summed E-state index contributed by atoms with van der Waals surface area (Å²) in [5.74, 6) is -0.211. The minimum absolute atomic E-state index is 0.0789. The molecule has 0 heterocycles. The van der Waals surface area contributed by atoms with Gasteiger partial charge in [0.1, 0.15) is 0 Å². The lowest BCUT2D eigenvalue weighted by molar-refractivity contribution is -0.130. The molecule has 0 aromatic rings. The van der Waals surface area contributed by atoms with Crippen molar-refractivity contribution in [2.24, 2.45) is 10.8 Å². The fourth-order valence-electron chi connectivity index (χ4n) is 2.95. The SMILES string of the molecule is CN(CC(=O)CC(=O)CN(C)N(C)C(=S)C1(C)CC1)N(C)C(=S)C1(C)CC1. The molecule has 2 aliphatic carbocycles. The minimum atomic E-state index is -0.106. The lowest BCUT2D eigenvalue weighted by Crippen LogP contribution is -2.47. The van der Waals surface area contributed by atoms with Crippen molar-refractivity contribution in [2.75, 3.05) is 41.3 Å². The molecule has 0 aromatic heterocycles. The molecule has 152 valence electrons. The first-order chi connectivity index (χ1) is 12.4. The van der Waals surface area contributed by atoms with Crippen LogP contribution in [0.5, 0.6) is 0 Å². The van der Waals surface area contributed by atoms with Gasteiger partial charge in [0.15, 0.2) is 11.6 Å². The number of rotatable bonds is 10. The van der Waals surface area contributed by atoms with Crippen LogP contribution >= 0.6 is 24.4 Å². The summed E-state index contributed by atoms with van der Waals surface area (Å²) >= 11 is 11.0. The van der Waals surface area contributed by atoms with Crippen molar-refractivity contribution in [2.45, 2.75) is 46.0 Å². The normalized spacial score (nSPS) is 19.0. The molecule has 0 atom stereocenters. The quantitative estimate of drug-likeness (QED) is 0.308. The van der Waals surface area contributed by atoms with Crippen LogP contribution in [0.4, 0.5) is 0 Å². The highest BCUT2D eigenvalue weighted by Gasteiger charge is 2.44. The summed E-state index contributed by atoms with van der Waals surface area (Å²) in [5.41, 5.74) is 0.169. The average Bonchev–Trinajstić information content (AvgIpc) is 3.51. The molecule has 0 saturated heterocycles. The Bertz CT molecular complexity index is 590. The average molecular weight is 413 g/mol. The van der Waals surface area contributed by atoms with Crippen LogP contribution < -0.4 is 0 Å². The maximum absolute atomic E-state index is 12.3. The Morgan fingerprint density at radius 2 is 1.04 bits per heavy atom. The maximum atomic E-state index is 12.3. The summed E-state index contributed by atoms with van der Waals surface area (Å²) in [5, 5.41) is 7.31. The van der Waals surface area contributed by atoms with Gasteiger partial charge < -0.3 is 10.0 Å². The maximum Gasteiger partial charge on any atom is 0.156 e. The van der Waals surface area contributed by atoms with Crippen LogP contribution in [0.1, 0.15) is 46.0 Å². The summed E-state index contributed by atoms with van der Waals surface area (Å²) in [6, 6.07) is 0. The largest absolute Gasteiger partial charge is 0.302 e. The van der Waals surface area contributed by atoms with Gasteiger partial charge in [-0.15, -0.1) is 0 Å². The number of hydrazine groups is 2. The Morgan fingerprint density at radius 3 is 1.30 bits per heavy atom. The molecule has 6 nitrogen and oxygen atoms in total. The second-order valence-corrected chi connectivity index (χ2v) is 9.44. The molecule has 8 heteroatoms. The molecule has 0 unspecified atom stereocenters. The topological polar surface area (TPSA) is 47.1 Å². The van der Waals surface area contributed by atoms with E-state index in [1.807, 2.05) is 38.2 Å². The van der Waals surface area contributed by atoms with Gasteiger partial charge in [-0.3, -0.25) is 9.59 Å². The predicted octanol–water partition coefficient (Wildman–Crippen LogP) is 2.33. The van der Waals surface area contributed by atoms with Gasteiger partial charge in [-0.1, -0.05) is 38.3 Å². The number of carbonyl (C=O) groups excluding carboxylic acids is 2. The molecule has 0 N–H and O–H groups in total. The molecule has 27 heavy (non-hydrogen) atoms. The van der Waals surface area contributed by atoms with E-state index in [0.717, 1.165) is 35.7 Å². The van der Waals surface area contributed by atoms with Crippen LogP contribution in [0.2, 0.25) is 0 Å². The molecule has 2 fully saturated rings. The van der Waals surface area contributed by atoms with Crippen LogP contribution in [0, 0.1) is 10.8 Å². The molecule has 0 amide bonds. The zero-order chi connectivity index (χ0) is 20.6. The van der Waals surface area contributed by atoms with E-state index in [-0.39, 0.29) is 41.9 Å². The molecule has 2 rings (SSSR count). The highest BCUT2D eigenvalue weighted by Crippen LogP contribution is 2.47. The van der Waals surface area contributed by atoms with Gasteiger partial charge in [-0.05, 0) is 25.7 Å². The number of ketones is 2. The number of likely N-dealkylation sites (N-methyl/N-ethyl adjacent to an activating group) is 2. The molecule has 0 bridgehead atoms. The Kier molecular flexibility index (Phi) is 6.77. The molecule has 0 aliphatic heterocycles. The van der Waals surface area contributed by atoms with Crippen molar-refractivity contribution in [3.63, 3.8) is 0 Å². The van der Waals surface area contributed by atoms with E-state index < -0.39 is 0 Å². The van der Waals surface area contributed by atoms with Crippen molar-refractivity contribution in [3.8, 4) is 0 Å². The van der Waals surface area contributed by atoms with Crippen LogP contribution in [0.15, 0.2) is 0 Å². The molecular formula is C19H32N4O2S2. The van der Waals surface area contributed by atoms with Crippen LogP contribution in [0.25, 0.3) is 0 Å². The van der Waals surface area contributed by atoms with Crippen molar-refractivity contribution >= 4 is 46.0 Å². The predicted molar refractivity (Wildman–Crippen MR) is 115 cm³/mol. The van der Waals surface area contributed by atoms with E-state index in [1.54, 1.807) is 10.0 Å². The van der Waals surface area contributed by atoms with Gasteiger partial charge in [0.05, 0.1) is 29.5 Å². The molecule has 0 radical (unpaired) electrons. The number of carbonyl (C=O) groups is 2. The van der Waals surface area contributed by atoms with Gasteiger partial charge in [0.25, 0.3) is 0 Å².